The second-order valence-corrected chi connectivity index (χ2v) is 12.2. The maximum atomic E-state index is 3.95. The Bertz CT molecular complexity index is 2530. The van der Waals surface area contributed by atoms with Crippen LogP contribution in [0.4, 0.5) is 17.1 Å². The van der Waals surface area contributed by atoms with E-state index < -0.39 is 0 Å². The van der Waals surface area contributed by atoms with E-state index in [2.05, 4.69) is 175 Å². The van der Waals surface area contributed by atoms with Gasteiger partial charge in [-0.15, -0.1) is 0 Å². The molecule has 1 heterocycles. The molecule has 0 radical (unpaired) electrons. The van der Waals surface area contributed by atoms with Crippen LogP contribution in [0.25, 0.3) is 66.6 Å². The second kappa shape index (κ2) is 10.8. The first-order chi connectivity index (χ1) is 23.2. The Balaban J connectivity index is 1.33. The van der Waals surface area contributed by atoms with Crippen LogP contribution in [0.3, 0.4) is 0 Å². The molecule has 0 bridgehead atoms. The molecule has 9 rings (SSSR count). The number of allylic oxidation sites excluding steroid dienone is 2. The summed E-state index contributed by atoms with van der Waals surface area (Å²) in [5.41, 5.74) is 14.6. The van der Waals surface area contributed by atoms with Gasteiger partial charge in [0.15, 0.2) is 0 Å². The third-order valence-corrected chi connectivity index (χ3v) is 9.58. The molecule has 0 saturated heterocycles. The van der Waals surface area contributed by atoms with Crippen molar-refractivity contribution < 1.29 is 0 Å². The first kappa shape index (κ1) is 27.2. The van der Waals surface area contributed by atoms with Crippen molar-refractivity contribution in [3.63, 3.8) is 0 Å². The van der Waals surface area contributed by atoms with E-state index in [0.29, 0.717) is 0 Å². The van der Waals surface area contributed by atoms with Crippen LogP contribution in [-0.2, 0) is 0 Å². The third-order valence-electron chi connectivity index (χ3n) is 9.58. The molecular weight excluding hydrogens is 569 g/mol. The van der Waals surface area contributed by atoms with Gasteiger partial charge in [0.2, 0.25) is 0 Å². The van der Waals surface area contributed by atoms with Crippen LogP contribution in [0.15, 0.2) is 164 Å². The number of benzene rings is 7. The summed E-state index contributed by atoms with van der Waals surface area (Å²) in [6.45, 7) is 6.16. The molecule has 0 amide bonds. The van der Waals surface area contributed by atoms with Gasteiger partial charge >= 0.3 is 0 Å². The van der Waals surface area contributed by atoms with Crippen molar-refractivity contribution in [1.29, 1.82) is 0 Å². The zero-order valence-corrected chi connectivity index (χ0v) is 26.2. The molecule has 222 valence electrons. The van der Waals surface area contributed by atoms with Crippen LogP contribution < -0.4 is 4.90 Å². The predicted octanol–water partition coefficient (Wildman–Crippen LogP) is 12.6. The van der Waals surface area contributed by atoms with Crippen molar-refractivity contribution in [3.8, 4) is 27.9 Å². The van der Waals surface area contributed by atoms with Gasteiger partial charge in [-0.3, -0.25) is 0 Å². The van der Waals surface area contributed by atoms with Crippen molar-refractivity contribution in [2.45, 2.75) is 6.92 Å². The van der Waals surface area contributed by atoms with Crippen LogP contribution in [0, 0.1) is 6.92 Å². The minimum atomic E-state index is 1.12. The summed E-state index contributed by atoms with van der Waals surface area (Å²) < 4.78 is 2.37. The molecule has 7 aromatic carbocycles. The van der Waals surface area contributed by atoms with Gasteiger partial charge < -0.3 is 9.47 Å². The Hall–Kier alpha value is -6.12. The normalized spacial score (nSPS) is 11.9. The highest BCUT2D eigenvalue weighted by Gasteiger charge is 2.29. The van der Waals surface area contributed by atoms with E-state index in [-0.39, 0.29) is 0 Å². The molecule has 8 aromatic rings. The largest absolute Gasteiger partial charge is 0.310 e. The van der Waals surface area contributed by atoms with Gasteiger partial charge in [-0.05, 0) is 100 Å². The maximum Gasteiger partial charge on any atom is 0.0546 e. The number of aryl methyl sites for hydroxylation is 1. The van der Waals surface area contributed by atoms with Crippen LogP contribution in [0.5, 0.6) is 0 Å². The highest BCUT2D eigenvalue weighted by Crippen LogP contribution is 2.55. The predicted molar refractivity (Wildman–Crippen MR) is 201 cm³/mol. The van der Waals surface area contributed by atoms with Gasteiger partial charge in [0.25, 0.3) is 0 Å². The molecule has 0 spiro atoms. The summed E-state index contributed by atoms with van der Waals surface area (Å²) in [4.78, 5) is 2.43. The lowest BCUT2D eigenvalue weighted by atomic mass is 9.93. The fourth-order valence-corrected chi connectivity index (χ4v) is 7.66. The monoisotopic (exact) mass is 600 g/mol. The number of nitrogens with zero attached hydrogens (tertiary/aromatic N) is 2. The summed E-state index contributed by atoms with van der Waals surface area (Å²) in [7, 11) is 0. The fraction of sp³-hybridized carbons (Fsp3) is 0.0222. The molecule has 1 aliphatic carbocycles. The maximum absolute atomic E-state index is 3.95. The lowest BCUT2D eigenvalue weighted by Crippen LogP contribution is -2.11. The average molecular weight is 601 g/mol. The number of hydrogen-bond donors (Lipinski definition) is 0. The molecule has 0 atom stereocenters. The SMILES string of the molecule is C=C/C=C\c1c(C)cc2cccc3c2c1-c1cccc(N(c2ccccc2)c2ccc4c(c2)c2ccccc2n4-c2ccccc2)c1-3. The Morgan fingerprint density at radius 3 is 2.15 bits per heavy atom. The van der Waals surface area contributed by atoms with Crippen molar-refractivity contribution in [2.24, 2.45) is 0 Å². The highest BCUT2D eigenvalue weighted by molar-refractivity contribution is 6.21. The lowest BCUT2D eigenvalue weighted by molar-refractivity contribution is 1.18. The summed E-state index contributed by atoms with van der Waals surface area (Å²) in [5.74, 6) is 0. The quantitative estimate of drug-likeness (QED) is 0.172. The molecule has 0 aliphatic heterocycles. The number of para-hydroxylation sites is 3. The van der Waals surface area contributed by atoms with E-state index in [1.807, 2.05) is 12.2 Å². The van der Waals surface area contributed by atoms with E-state index in [0.717, 1.165) is 17.1 Å². The fourth-order valence-electron chi connectivity index (χ4n) is 7.66. The molecular formula is C45H32N2. The van der Waals surface area contributed by atoms with Gasteiger partial charge in [0.1, 0.15) is 0 Å². The van der Waals surface area contributed by atoms with Crippen molar-refractivity contribution in [3.05, 3.63) is 175 Å². The number of fused-ring (bicyclic) bond motifs is 6. The molecule has 2 nitrogen and oxygen atoms in total. The molecule has 0 saturated carbocycles. The molecule has 0 unspecified atom stereocenters. The van der Waals surface area contributed by atoms with E-state index in [1.54, 1.807) is 0 Å². The highest BCUT2D eigenvalue weighted by atomic mass is 15.1. The molecule has 0 N–H and O–H groups in total. The van der Waals surface area contributed by atoms with Crippen molar-refractivity contribution in [1.82, 2.24) is 4.57 Å². The van der Waals surface area contributed by atoms with E-state index >= 15 is 0 Å². The van der Waals surface area contributed by atoms with Gasteiger partial charge in [-0.25, -0.2) is 0 Å². The molecule has 2 heteroatoms. The van der Waals surface area contributed by atoms with Gasteiger partial charge in [0, 0.05) is 33.4 Å². The summed E-state index contributed by atoms with van der Waals surface area (Å²) in [5, 5.41) is 5.06. The lowest BCUT2D eigenvalue weighted by Gasteiger charge is -2.28. The van der Waals surface area contributed by atoms with Gasteiger partial charge in [-0.1, -0.05) is 116 Å². The molecule has 1 aromatic heterocycles. The summed E-state index contributed by atoms with van der Waals surface area (Å²) >= 11 is 0. The van der Waals surface area contributed by atoms with Crippen molar-refractivity contribution >= 4 is 55.7 Å². The average Bonchev–Trinajstić information content (AvgIpc) is 3.63. The minimum absolute atomic E-state index is 1.12. The Morgan fingerprint density at radius 2 is 1.32 bits per heavy atom. The summed E-state index contributed by atoms with van der Waals surface area (Å²) in [6.07, 6.45) is 6.12. The molecule has 0 fully saturated rings. The number of aromatic nitrogens is 1. The molecule has 47 heavy (non-hydrogen) atoms. The Labute approximate surface area is 274 Å². The standard InChI is InChI=1S/C45H32N2/c1-3-4-20-35-30(2)28-31-15-13-22-37-43(31)45(35)38-23-14-25-42(44(37)38)46(32-16-7-5-8-17-32)34-26-27-41-39(29-34)36-21-11-12-24-40(36)47(41)33-18-9-6-10-19-33/h3-29H,1H2,2H3/b20-4-. The first-order valence-electron chi connectivity index (χ1n) is 16.2. The van der Waals surface area contributed by atoms with Crippen LogP contribution >= 0.6 is 0 Å². The van der Waals surface area contributed by atoms with Crippen LogP contribution in [0.1, 0.15) is 11.1 Å². The second-order valence-electron chi connectivity index (χ2n) is 12.2. The topological polar surface area (TPSA) is 8.17 Å². The number of hydrogen-bond acceptors (Lipinski definition) is 1. The zero-order valence-electron chi connectivity index (χ0n) is 26.2. The minimum Gasteiger partial charge on any atom is -0.310 e. The van der Waals surface area contributed by atoms with Gasteiger partial charge in [-0.2, -0.15) is 0 Å². The van der Waals surface area contributed by atoms with E-state index in [1.165, 1.54) is 71.6 Å². The zero-order chi connectivity index (χ0) is 31.5. The first-order valence-corrected chi connectivity index (χ1v) is 16.2. The van der Waals surface area contributed by atoms with Crippen LogP contribution in [0.2, 0.25) is 0 Å². The van der Waals surface area contributed by atoms with E-state index in [9.17, 15) is 0 Å². The molecule has 1 aliphatic rings. The third kappa shape index (κ3) is 4.12. The van der Waals surface area contributed by atoms with E-state index in [4.69, 9.17) is 0 Å². The van der Waals surface area contributed by atoms with Crippen LogP contribution in [-0.4, -0.2) is 4.57 Å². The van der Waals surface area contributed by atoms with Gasteiger partial charge in [0.05, 0.1) is 16.7 Å². The summed E-state index contributed by atoms with van der Waals surface area (Å²) in [6, 6.07) is 52.9. The Kier molecular flexibility index (Phi) is 6.22. The Morgan fingerprint density at radius 1 is 0.596 bits per heavy atom. The number of anilines is 3. The smallest absolute Gasteiger partial charge is 0.0546 e. The number of rotatable bonds is 6. The van der Waals surface area contributed by atoms with Crippen molar-refractivity contribution in [2.75, 3.05) is 4.90 Å².